The van der Waals surface area contributed by atoms with E-state index in [9.17, 15) is 9.90 Å². The molecule has 16 heavy (non-hydrogen) atoms. The molecular formula is C12H16O3S. The molecule has 0 aliphatic rings. The van der Waals surface area contributed by atoms with Crippen LogP contribution in [-0.4, -0.2) is 23.4 Å². The van der Waals surface area contributed by atoms with E-state index in [1.165, 1.54) is 11.8 Å². The van der Waals surface area contributed by atoms with Crippen molar-refractivity contribution < 1.29 is 14.6 Å². The number of hydrogen-bond donors (Lipinski definition) is 1. The number of aromatic hydroxyl groups is 1. The second kappa shape index (κ2) is 6.43. The van der Waals surface area contributed by atoms with Crippen molar-refractivity contribution >= 4 is 17.7 Å². The highest BCUT2D eigenvalue weighted by Gasteiger charge is 2.14. The minimum atomic E-state index is -0.189. The first-order chi connectivity index (χ1) is 7.65. The van der Waals surface area contributed by atoms with Gasteiger partial charge in [0.1, 0.15) is 5.75 Å². The number of phenols is 1. The summed E-state index contributed by atoms with van der Waals surface area (Å²) >= 11 is 1.46. The number of esters is 1. The molecular weight excluding hydrogens is 224 g/mol. The molecule has 0 aliphatic carbocycles. The molecule has 88 valence electrons. The summed E-state index contributed by atoms with van der Waals surface area (Å²) in [6.07, 6.45) is 0. The molecule has 1 aromatic carbocycles. The third kappa shape index (κ3) is 3.77. The number of carbonyl (C=O) groups excluding carboxylic acids is 1. The van der Waals surface area contributed by atoms with Gasteiger partial charge in [0.25, 0.3) is 0 Å². The molecule has 0 fully saturated rings. The summed E-state index contributed by atoms with van der Waals surface area (Å²) in [5, 5.41) is 9.53. The first-order valence-corrected chi connectivity index (χ1v) is 6.21. The van der Waals surface area contributed by atoms with Crippen molar-refractivity contribution in [1.82, 2.24) is 0 Å². The highest BCUT2D eigenvalue weighted by molar-refractivity contribution is 7.99. The Morgan fingerprint density at radius 1 is 1.50 bits per heavy atom. The van der Waals surface area contributed by atoms with E-state index < -0.39 is 0 Å². The fourth-order valence-electron chi connectivity index (χ4n) is 1.15. The van der Waals surface area contributed by atoms with Gasteiger partial charge in [-0.05, 0) is 19.1 Å². The third-order valence-electron chi connectivity index (χ3n) is 2.04. The number of hydrogen-bond acceptors (Lipinski definition) is 4. The normalized spacial score (nSPS) is 12.1. The van der Waals surface area contributed by atoms with Gasteiger partial charge in [-0.25, -0.2) is 0 Å². The van der Waals surface area contributed by atoms with Crippen LogP contribution in [0.4, 0.5) is 0 Å². The highest BCUT2D eigenvalue weighted by atomic mass is 32.2. The maximum atomic E-state index is 11.4. The van der Waals surface area contributed by atoms with Crippen molar-refractivity contribution in [2.45, 2.75) is 18.7 Å². The van der Waals surface area contributed by atoms with Crippen LogP contribution in [0.1, 0.15) is 13.8 Å². The second-order valence-corrected chi connectivity index (χ2v) is 4.49. The molecule has 0 spiro atoms. The lowest BCUT2D eigenvalue weighted by Gasteiger charge is -2.10. The zero-order valence-electron chi connectivity index (χ0n) is 9.47. The minimum absolute atomic E-state index is 0.162. The lowest BCUT2D eigenvalue weighted by molar-refractivity contribution is -0.146. The standard InChI is InChI=1S/C12H16O3S/c1-3-15-12(14)9(2)8-16-11-7-5-4-6-10(11)13/h4-7,9,13H,3,8H2,1-2H3. The first kappa shape index (κ1) is 12.9. The summed E-state index contributed by atoms with van der Waals surface area (Å²) in [7, 11) is 0. The van der Waals surface area contributed by atoms with Crippen LogP contribution in [0, 0.1) is 5.92 Å². The van der Waals surface area contributed by atoms with Gasteiger partial charge in [0.2, 0.25) is 0 Å². The molecule has 0 saturated carbocycles. The Morgan fingerprint density at radius 3 is 2.81 bits per heavy atom. The number of carbonyl (C=O) groups is 1. The van der Waals surface area contributed by atoms with Crippen molar-refractivity contribution in [3.63, 3.8) is 0 Å². The maximum absolute atomic E-state index is 11.4. The Kier molecular flexibility index (Phi) is 5.19. The Morgan fingerprint density at radius 2 is 2.19 bits per heavy atom. The van der Waals surface area contributed by atoms with Crippen molar-refractivity contribution in [3.05, 3.63) is 24.3 Å². The summed E-state index contributed by atoms with van der Waals surface area (Å²) in [6, 6.07) is 7.10. The van der Waals surface area contributed by atoms with E-state index in [0.717, 1.165) is 4.90 Å². The molecule has 3 nitrogen and oxygen atoms in total. The summed E-state index contributed by atoms with van der Waals surface area (Å²) < 4.78 is 4.91. The number of rotatable bonds is 5. The molecule has 0 heterocycles. The van der Waals surface area contributed by atoms with Crippen LogP contribution < -0.4 is 0 Å². The van der Waals surface area contributed by atoms with Crippen LogP contribution in [0.15, 0.2) is 29.2 Å². The van der Waals surface area contributed by atoms with Gasteiger partial charge in [-0.1, -0.05) is 19.1 Å². The molecule has 0 radical (unpaired) electrons. The van der Waals surface area contributed by atoms with Crippen molar-refractivity contribution in [2.75, 3.05) is 12.4 Å². The average Bonchev–Trinajstić information content (AvgIpc) is 2.28. The minimum Gasteiger partial charge on any atom is -0.507 e. The van der Waals surface area contributed by atoms with Crippen molar-refractivity contribution in [3.8, 4) is 5.75 Å². The number of thioether (sulfide) groups is 1. The fourth-order valence-corrected chi connectivity index (χ4v) is 2.10. The molecule has 0 aliphatic heterocycles. The largest absolute Gasteiger partial charge is 0.507 e. The smallest absolute Gasteiger partial charge is 0.309 e. The molecule has 4 heteroatoms. The summed E-state index contributed by atoms with van der Waals surface area (Å²) in [5.41, 5.74) is 0. The SMILES string of the molecule is CCOC(=O)C(C)CSc1ccccc1O. The Bertz CT molecular complexity index is 352. The van der Waals surface area contributed by atoms with Gasteiger partial charge in [0, 0.05) is 10.6 Å². The van der Waals surface area contributed by atoms with E-state index in [2.05, 4.69) is 0 Å². The average molecular weight is 240 g/mol. The second-order valence-electron chi connectivity index (χ2n) is 3.43. The summed E-state index contributed by atoms with van der Waals surface area (Å²) in [6.45, 7) is 4.02. The zero-order valence-corrected chi connectivity index (χ0v) is 10.3. The Hall–Kier alpha value is -1.16. The fraction of sp³-hybridized carbons (Fsp3) is 0.417. The lowest BCUT2D eigenvalue weighted by Crippen LogP contribution is -2.16. The molecule has 1 aromatic rings. The molecule has 0 saturated heterocycles. The Balaban J connectivity index is 2.46. The molecule has 1 N–H and O–H groups in total. The zero-order chi connectivity index (χ0) is 12.0. The van der Waals surface area contributed by atoms with Crippen LogP contribution in [-0.2, 0) is 9.53 Å². The van der Waals surface area contributed by atoms with Gasteiger partial charge in [0.05, 0.1) is 12.5 Å². The summed E-state index contributed by atoms with van der Waals surface area (Å²) in [4.78, 5) is 12.1. The maximum Gasteiger partial charge on any atom is 0.309 e. The van der Waals surface area contributed by atoms with E-state index in [1.54, 1.807) is 19.1 Å². The predicted molar refractivity (Wildman–Crippen MR) is 64.6 cm³/mol. The topological polar surface area (TPSA) is 46.5 Å². The lowest BCUT2D eigenvalue weighted by atomic mass is 10.2. The van der Waals surface area contributed by atoms with Crippen molar-refractivity contribution in [2.24, 2.45) is 5.92 Å². The quantitative estimate of drug-likeness (QED) is 0.635. The van der Waals surface area contributed by atoms with E-state index >= 15 is 0 Å². The Labute approximate surface area is 99.8 Å². The van der Waals surface area contributed by atoms with Gasteiger partial charge in [-0.3, -0.25) is 4.79 Å². The van der Waals surface area contributed by atoms with Gasteiger partial charge in [-0.15, -0.1) is 11.8 Å². The number of benzene rings is 1. The number of phenolic OH excluding ortho intramolecular Hbond substituents is 1. The van der Waals surface area contributed by atoms with Crippen molar-refractivity contribution in [1.29, 1.82) is 0 Å². The van der Waals surface area contributed by atoms with E-state index in [0.29, 0.717) is 12.4 Å². The van der Waals surface area contributed by atoms with Gasteiger partial charge in [-0.2, -0.15) is 0 Å². The summed E-state index contributed by atoms with van der Waals surface area (Å²) in [5.74, 6) is 0.509. The van der Waals surface area contributed by atoms with E-state index in [4.69, 9.17) is 4.74 Å². The van der Waals surface area contributed by atoms with Gasteiger partial charge < -0.3 is 9.84 Å². The molecule has 0 aromatic heterocycles. The molecule has 1 unspecified atom stereocenters. The monoisotopic (exact) mass is 240 g/mol. The van der Waals surface area contributed by atoms with Crippen LogP contribution in [0.3, 0.4) is 0 Å². The first-order valence-electron chi connectivity index (χ1n) is 5.22. The van der Waals surface area contributed by atoms with Crippen LogP contribution in [0.5, 0.6) is 5.75 Å². The van der Waals surface area contributed by atoms with Gasteiger partial charge >= 0.3 is 5.97 Å². The number of para-hydroxylation sites is 1. The molecule has 1 atom stereocenters. The van der Waals surface area contributed by atoms with Gasteiger partial charge in [0.15, 0.2) is 0 Å². The highest BCUT2D eigenvalue weighted by Crippen LogP contribution is 2.29. The molecule has 1 rings (SSSR count). The number of ether oxygens (including phenoxy) is 1. The predicted octanol–water partition coefficient (Wildman–Crippen LogP) is 2.68. The van der Waals surface area contributed by atoms with Crippen LogP contribution >= 0.6 is 11.8 Å². The molecule has 0 amide bonds. The van der Waals surface area contributed by atoms with Crippen LogP contribution in [0.2, 0.25) is 0 Å². The molecule has 0 bridgehead atoms. The van der Waals surface area contributed by atoms with Crippen LogP contribution in [0.25, 0.3) is 0 Å². The third-order valence-corrected chi connectivity index (χ3v) is 3.37. The van der Waals surface area contributed by atoms with E-state index in [1.807, 2.05) is 19.1 Å². The van der Waals surface area contributed by atoms with E-state index in [-0.39, 0.29) is 17.6 Å².